The van der Waals surface area contributed by atoms with Gasteiger partial charge in [0.2, 0.25) is 0 Å². The van der Waals surface area contributed by atoms with E-state index in [2.05, 4.69) is 22.1 Å². The first kappa shape index (κ1) is 13.5. The number of hydrogen-bond acceptors (Lipinski definition) is 4. The minimum absolute atomic E-state index is 0.725. The van der Waals surface area contributed by atoms with Gasteiger partial charge in [-0.3, -0.25) is 0 Å². The van der Waals surface area contributed by atoms with Gasteiger partial charge in [0.25, 0.3) is 0 Å². The van der Waals surface area contributed by atoms with Gasteiger partial charge in [-0.05, 0) is 64.7 Å². The SMILES string of the molecule is Cc1cnc(C2CCN(CC3CCNCC3)CC2)s1. The molecule has 0 spiro atoms. The Hall–Kier alpha value is -0.450. The first-order chi connectivity index (χ1) is 9.31. The molecule has 3 rings (SSSR count). The number of rotatable bonds is 3. The molecule has 2 fully saturated rings. The number of hydrogen-bond donors (Lipinski definition) is 1. The van der Waals surface area contributed by atoms with Crippen LogP contribution in [-0.4, -0.2) is 42.6 Å². The van der Waals surface area contributed by atoms with Crippen molar-refractivity contribution in [1.29, 1.82) is 0 Å². The maximum absolute atomic E-state index is 4.57. The van der Waals surface area contributed by atoms with Crippen LogP contribution in [0.15, 0.2) is 6.20 Å². The Bertz CT molecular complexity index is 390. The van der Waals surface area contributed by atoms with Crippen molar-refractivity contribution >= 4 is 11.3 Å². The maximum Gasteiger partial charge on any atom is 0.0959 e. The number of piperidine rings is 2. The van der Waals surface area contributed by atoms with Crippen molar-refractivity contribution in [3.8, 4) is 0 Å². The molecular formula is C15H25N3S. The summed E-state index contributed by atoms with van der Waals surface area (Å²) in [6.07, 6.45) is 7.37. The molecule has 0 aromatic carbocycles. The lowest BCUT2D eigenvalue weighted by Crippen LogP contribution is -2.39. The summed E-state index contributed by atoms with van der Waals surface area (Å²) in [5, 5.41) is 4.83. The van der Waals surface area contributed by atoms with Crippen LogP contribution in [0.2, 0.25) is 0 Å². The normalized spacial score (nSPS) is 23.8. The third-order valence-corrected chi connectivity index (χ3v) is 5.63. The Morgan fingerprint density at radius 3 is 2.63 bits per heavy atom. The highest BCUT2D eigenvalue weighted by molar-refractivity contribution is 7.11. The number of nitrogens with one attached hydrogen (secondary N) is 1. The van der Waals surface area contributed by atoms with Gasteiger partial charge in [0.05, 0.1) is 5.01 Å². The second kappa shape index (κ2) is 6.33. The smallest absolute Gasteiger partial charge is 0.0959 e. The minimum atomic E-state index is 0.725. The Morgan fingerprint density at radius 2 is 2.00 bits per heavy atom. The van der Waals surface area contributed by atoms with Crippen LogP contribution in [0.5, 0.6) is 0 Å². The third-order valence-electron chi connectivity index (χ3n) is 4.55. The van der Waals surface area contributed by atoms with Gasteiger partial charge in [-0.25, -0.2) is 4.98 Å². The molecular weight excluding hydrogens is 254 g/mol. The van der Waals surface area contributed by atoms with Gasteiger partial charge in [-0.15, -0.1) is 11.3 Å². The lowest BCUT2D eigenvalue weighted by molar-refractivity contribution is 0.167. The Balaban J connectivity index is 1.46. The van der Waals surface area contributed by atoms with Crippen LogP contribution < -0.4 is 5.32 Å². The minimum Gasteiger partial charge on any atom is -0.317 e. The fraction of sp³-hybridized carbons (Fsp3) is 0.800. The zero-order valence-corrected chi connectivity index (χ0v) is 12.7. The highest BCUT2D eigenvalue weighted by Gasteiger charge is 2.24. The van der Waals surface area contributed by atoms with E-state index in [4.69, 9.17) is 0 Å². The van der Waals surface area contributed by atoms with Crippen LogP contribution in [0.3, 0.4) is 0 Å². The van der Waals surface area contributed by atoms with Crippen molar-refractivity contribution < 1.29 is 0 Å². The molecule has 3 nitrogen and oxygen atoms in total. The monoisotopic (exact) mass is 279 g/mol. The Kier molecular flexibility index (Phi) is 4.51. The van der Waals surface area contributed by atoms with Crippen molar-refractivity contribution in [2.45, 2.75) is 38.5 Å². The summed E-state index contributed by atoms with van der Waals surface area (Å²) in [7, 11) is 0. The number of aryl methyl sites for hydroxylation is 1. The molecule has 19 heavy (non-hydrogen) atoms. The van der Waals surface area contributed by atoms with Crippen LogP contribution in [-0.2, 0) is 0 Å². The highest BCUT2D eigenvalue weighted by Crippen LogP contribution is 2.31. The molecule has 1 N–H and O–H groups in total. The van der Waals surface area contributed by atoms with E-state index >= 15 is 0 Å². The highest BCUT2D eigenvalue weighted by atomic mass is 32.1. The van der Waals surface area contributed by atoms with Gasteiger partial charge in [-0.2, -0.15) is 0 Å². The molecule has 3 heterocycles. The fourth-order valence-electron chi connectivity index (χ4n) is 3.35. The lowest BCUT2D eigenvalue weighted by Gasteiger charge is -2.34. The molecule has 0 unspecified atom stereocenters. The van der Waals surface area contributed by atoms with Gasteiger partial charge in [0, 0.05) is 23.5 Å². The molecule has 1 aromatic heterocycles. The van der Waals surface area contributed by atoms with Gasteiger partial charge >= 0.3 is 0 Å². The van der Waals surface area contributed by atoms with Crippen LogP contribution in [0.4, 0.5) is 0 Å². The molecule has 0 atom stereocenters. The summed E-state index contributed by atoms with van der Waals surface area (Å²) in [4.78, 5) is 8.61. The van der Waals surface area contributed by atoms with Crippen molar-refractivity contribution in [2.24, 2.45) is 5.92 Å². The topological polar surface area (TPSA) is 28.2 Å². The number of likely N-dealkylation sites (tertiary alicyclic amines) is 1. The van der Waals surface area contributed by atoms with E-state index in [9.17, 15) is 0 Å². The van der Waals surface area contributed by atoms with E-state index in [1.54, 1.807) is 0 Å². The summed E-state index contributed by atoms with van der Waals surface area (Å²) in [5.41, 5.74) is 0. The van der Waals surface area contributed by atoms with Gasteiger partial charge in [0.15, 0.2) is 0 Å². The lowest BCUT2D eigenvalue weighted by atomic mass is 9.93. The molecule has 0 saturated carbocycles. The third kappa shape index (κ3) is 3.56. The van der Waals surface area contributed by atoms with Crippen molar-refractivity contribution in [1.82, 2.24) is 15.2 Å². The average Bonchev–Trinajstić information content (AvgIpc) is 2.87. The predicted octanol–water partition coefficient (Wildman–Crippen LogP) is 2.63. The summed E-state index contributed by atoms with van der Waals surface area (Å²) in [6, 6.07) is 0. The summed E-state index contributed by atoms with van der Waals surface area (Å²) in [6.45, 7) is 8.47. The van der Waals surface area contributed by atoms with E-state index in [1.165, 1.54) is 68.3 Å². The summed E-state index contributed by atoms with van der Waals surface area (Å²) in [5.74, 6) is 1.66. The second-order valence-corrected chi connectivity index (χ2v) is 7.34. The van der Waals surface area contributed by atoms with E-state index in [-0.39, 0.29) is 0 Å². The van der Waals surface area contributed by atoms with Gasteiger partial charge < -0.3 is 10.2 Å². The predicted molar refractivity (Wildman–Crippen MR) is 80.9 cm³/mol. The van der Waals surface area contributed by atoms with E-state index < -0.39 is 0 Å². The number of aromatic nitrogens is 1. The molecule has 2 saturated heterocycles. The van der Waals surface area contributed by atoms with Crippen molar-refractivity contribution in [3.05, 3.63) is 16.1 Å². The van der Waals surface area contributed by atoms with Crippen LogP contribution in [0, 0.1) is 12.8 Å². The first-order valence-electron chi connectivity index (χ1n) is 7.66. The molecule has 0 aliphatic carbocycles. The maximum atomic E-state index is 4.57. The van der Waals surface area contributed by atoms with E-state index in [0.29, 0.717) is 0 Å². The molecule has 106 valence electrons. The summed E-state index contributed by atoms with van der Waals surface area (Å²) >= 11 is 1.89. The standard InChI is InChI=1S/C15H25N3S/c1-12-10-17-15(19-12)14-4-8-18(9-5-14)11-13-2-6-16-7-3-13/h10,13-14,16H,2-9,11H2,1H3. The molecule has 1 aromatic rings. The van der Waals surface area contributed by atoms with Crippen LogP contribution >= 0.6 is 11.3 Å². The zero-order chi connectivity index (χ0) is 13.1. The van der Waals surface area contributed by atoms with E-state index in [1.807, 2.05) is 17.5 Å². The first-order valence-corrected chi connectivity index (χ1v) is 8.48. The molecule has 2 aliphatic heterocycles. The molecule has 0 radical (unpaired) electrons. The van der Waals surface area contributed by atoms with Crippen LogP contribution in [0.25, 0.3) is 0 Å². The molecule has 0 bridgehead atoms. The van der Waals surface area contributed by atoms with Gasteiger partial charge in [0.1, 0.15) is 0 Å². The number of thiazole rings is 1. The zero-order valence-electron chi connectivity index (χ0n) is 11.9. The molecule has 4 heteroatoms. The Labute approximate surface area is 120 Å². The van der Waals surface area contributed by atoms with Crippen molar-refractivity contribution in [3.63, 3.8) is 0 Å². The second-order valence-electron chi connectivity index (χ2n) is 6.08. The van der Waals surface area contributed by atoms with E-state index in [0.717, 1.165) is 11.8 Å². The Morgan fingerprint density at radius 1 is 1.26 bits per heavy atom. The largest absolute Gasteiger partial charge is 0.317 e. The van der Waals surface area contributed by atoms with Crippen LogP contribution in [0.1, 0.15) is 41.5 Å². The fourth-order valence-corrected chi connectivity index (χ4v) is 4.30. The molecule has 2 aliphatic rings. The average molecular weight is 279 g/mol. The van der Waals surface area contributed by atoms with Gasteiger partial charge in [-0.1, -0.05) is 0 Å². The summed E-state index contributed by atoms with van der Waals surface area (Å²) < 4.78 is 0. The van der Waals surface area contributed by atoms with Crippen molar-refractivity contribution in [2.75, 3.05) is 32.7 Å². The number of nitrogens with zero attached hydrogens (tertiary/aromatic N) is 2. The molecule has 0 amide bonds. The quantitative estimate of drug-likeness (QED) is 0.922.